The van der Waals surface area contributed by atoms with Crippen molar-refractivity contribution in [3.8, 4) is 5.75 Å². The highest BCUT2D eigenvalue weighted by molar-refractivity contribution is 6.37. The highest BCUT2D eigenvalue weighted by Gasteiger charge is 2.43. The number of piperidine rings is 1. The number of hydrogen-bond acceptors (Lipinski definition) is 7. The van der Waals surface area contributed by atoms with E-state index in [2.05, 4.69) is 16.3 Å². The largest absolute Gasteiger partial charge is 0.485 e. The van der Waals surface area contributed by atoms with Crippen molar-refractivity contribution in [2.24, 2.45) is 5.92 Å². The van der Waals surface area contributed by atoms with E-state index in [0.29, 0.717) is 53.4 Å². The summed E-state index contributed by atoms with van der Waals surface area (Å²) in [6.45, 7) is 12.3. The second-order valence-electron chi connectivity index (χ2n) is 15.7. The van der Waals surface area contributed by atoms with Crippen LogP contribution in [0.5, 0.6) is 5.75 Å². The van der Waals surface area contributed by atoms with Gasteiger partial charge in [0.1, 0.15) is 17.5 Å². The number of amides is 3. The Morgan fingerprint density at radius 3 is 2.33 bits per heavy atom. The van der Waals surface area contributed by atoms with E-state index < -0.39 is 17.6 Å². The van der Waals surface area contributed by atoms with Gasteiger partial charge in [-0.25, -0.2) is 9.78 Å². The Balaban J connectivity index is 1.21. The van der Waals surface area contributed by atoms with E-state index >= 15 is 0 Å². The highest BCUT2D eigenvalue weighted by Crippen LogP contribution is 2.40. The smallest absolute Gasteiger partial charge is 0.410 e. The number of carbonyl (C=O) groups excluding carboxylic acids is 3. The van der Waals surface area contributed by atoms with E-state index in [1.807, 2.05) is 76.0 Å². The van der Waals surface area contributed by atoms with Crippen LogP contribution in [-0.2, 0) is 27.3 Å². The molecule has 3 heterocycles. The van der Waals surface area contributed by atoms with Gasteiger partial charge < -0.3 is 29.5 Å². The van der Waals surface area contributed by atoms with Crippen molar-refractivity contribution in [2.45, 2.75) is 96.9 Å². The lowest BCUT2D eigenvalue weighted by Gasteiger charge is -2.40. The number of carbonyl (C=O) groups is 3. The van der Waals surface area contributed by atoms with E-state index in [1.165, 1.54) is 0 Å². The molecule has 3 atom stereocenters. The molecule has 1 aliphatic carbocycles. The van der Waals surface area contributed by atoms with Gasteiger partial charge in [0.05, 0.1) is 28.9 Å². The molecule has 0 bridgehead atoms. The molecular formula is C41H50Cl3N5O5. The summed E-state index contributed by atoms with van der Waals surface area (Å²) in [7, 11) is 0. The second kappa shape index (κ2) is 17.0. The van der Waals surface area contributed by atoms with Gasteiger partial charge in [-0.1, -0.05) is 53.0 Å². The predicted molar refractivity (Wildman–Crippen MR) is 213 cm³/mol. The molecule has 10 nitrogen and oxygen atoms in total. The van der Waals surface area contributed by atoms with Crippen LogP contribution in [0.25, 0.3) is 0 Å². The molecule has 1 N–H and O–H groups in total. The Bertz CT molecular complexity index is 1820. The molecule has 290 valence electrons. The zero-order valence-corrected chi connectivity index (χ0v) is 33.9. The Kier molecular flexibility index (Phi) is 12.5. The van der Waals surface area contributed by atoms with Gasteiger partial charge in [0, 0.05) is 62.3 Å². The van der Waals surface area contributed by atoms with Crippen LogP contribution in [0.1, 0.15) is 81.5 Å². The zero-order valence-electron chi connectivity index (χ0n) is 31.7. The molecule has 1 aromatic heterocycles. The van der Waals surface area contributed by atoms with Crippen LogP contribution in [0, 0.1) is 12.8 Å². The fourth-order valence-corrected chi connectivity index (χ4v) is 8.23. The van der Waals surface area contributed by atoms with E-state index in [0.717, 1.165) is 53.9 Å². The van der Waals surface area contributed by atoms with Gasteiger partial charge in [0.25, 0.3) is 0 Å². The maximum Gasteiger partial charge on any atom is 0.410 e. The number of nitrogens with one attached hydrogen (secondary N) is 1. The van der Waals surface area contributed by atoms with Crippen LogP contribution in [0.15, 0.2) is 48.7 Å². The van der Waals surface area contributed by atoms with Crippen LogP contribution in [0.4, 0.5) is 10.6 Å². The van der Waals surface area contributed by atoms with Gasteiger partial charge in [0.15, 0.2) is 5.75 Å². The van der Waals surface area contributed by atoms with Crippen molar-refractivity contribution in [3.63, 3.8) is 0 Å². The summed E-state index contributed by atoms with van der Waals surface area (Å²) < 4.78 is 12.0. The molecule has 3 aromatic rings. The van der Waals surface area contributed by atoms with Crippen molar-refractivity contribution >= 4 is 58.5 Å². The molecule has 13 heteroatoms. The first-order chi connectivity index (χ1) is 25.7. The molecule has 54 heavy (non-hydrogen) atoms. The third kappa shape index (κ3) is 9.92. The van der Waals surface area contributed by atoms with E-state index in [1.54, 1.807) is 11.0 Å². The normalized spacial score (nSPS) is 20.1. The predicted octanol–water partition coefficient (Wildman–Crippen LogP) is 8.22. The maximum absolute atomic E-state index is 14.8. The van der Waals surface area contributed by atoms with Crippen molar-refractivity contribution in [1.29, 1.82) is 0 Å². The lowest BCUT2D eigenvalue weighted by Crippen LogP contribution is -2.51. The summed E-state index contributed by atoms with van der Waals surface area (Å²) in [5.74, 6) is 0.536. The van der Waals surface area contributed by atoms with Gasteiger partial charge in [-0.15, -0.1) is 0 Å². The fraction of sp³-hybridized carbons (Fsp3) is 0.512. The Hall–Kier alpha value is -3.73. The Morgan fingerprint density at radius 1 is 0.944 bits per heavy atom. The molecule has 2 aliphatic heterocycles. The number of ether oxygens (including phenoxy) is 2. The van der Waals surface area contributed by atoms with Crippen LogP contribution in [-0.4, -0.2) is 83.2 Å². The molecular weight excluding hydrogens is 749 g/mol. The number of pyridine rings is 1. The quantitative estimate of drug-likeness (QED) is 0.209. The van der Waals surface area contributed by atoms with Gasteiger partial charge in [-0.2, -0.15) is 0 Å². The third-order valence-electron chi connectivity index (χ3n) is 10.1. The Labute approximate surface area is 333 Å². The van der Waals surface area contributed by atoms with Crippen LogP contribution in [0.3, 0.4) is 0 Å². The number of aryl methyl sites for hydroxylation is 1. The van der Waals surface area contributed by atoms with Gasteiger partial charge in [-0.3, -0.25) is 9.59 Å². The molecule has 2 aromatic carbocycles. The lowest BCUT2D eigenvalue weighted by atomic mass is 9.80. The number of aromatic nitrogens is 1. The van der Waals surface area contributed by atoms with Crippen LogP contribution in [0.2, 0.25) is 15.1 Å². The molecule has 0 spiro atoms. The third-order valence-corrected chi connectivity index (χ3v) is 11.1. The first-order valence-electron chi connectivity index (χ1n) is 18.8. The number of nitrogens with zero attached hydrogens (tertiary/aromatic N) is 4. The molecule has 0 radical (unpaired) electrons. The van der Waals surface area contributed by atoms with E-state index in [4.69, 9.17) is 49.3 Å². The maximum atomic E-state index is 14.8. The van der Waals surface area contributed by atoms with Crippen molar-refractivity contribution < 1.29 is 23.9 Å². The lowest BCUT2D eigenvalue weighted by molar-refractivity contribution is -0.139. The molecule has 2 saturated heterocycles. The number of likely N-dealkylation sites (tertiary alicyclic amines) is 1. The summed E-state index contributed by atoms with van der Waals surface area (Å²) in [4.78, 5) is 51.1. The van der Waals surface area contributed by atoms with Crippen LogP contribution >= 0.6 is 34.8 Å². The summed E-state index contributed by atoms with van der Waals surface area (Å²) in [5.41, 5.74) is 2.88. The van der Waals surface area contributed by atoms with Crippen molar-refractivity contribution in [2.75, 3.05) is 37.6 Å². The summed E-state index contributed by atoms with van der Waals surface area (Å²) in [6, 6.07) is 13.4. The van der Waals surface area contributed by atoms with Gasteiger partial charge in [0.2, 0.25) is 11.8 Å². The number of hydrogen-bond donors (Lipinski definition) is 1. The average molecular weight is 799 g/mol. The standard InChI is InChI=1S/C41H50Cl3N5O5/c1-6-45-37(50)20-26-7-11-33(42)28(19-26)22-49(29-9-10-29)39(51)32-24-48(40(52)54-41(3,4)5)16-14-31(32)27-8-12-36(46-21-27)47-15-13-30(23-47)53-38-34(43)17-25(2)18-35(38)44/h7-8,11-12,17-19,21,29-32H,6,9-10,13-16,20,22-24H2,1-5H3,(H,45,50)/t30-,31+,32-/m0/s1. The molecule has 6 rings (SSSR count). The number of anilines is 1. The molecule has 3 aliphatic rings. The van der Waals surface area contributed by atoms with Crippen molar-refractivity contribution in [3.05, 3.63) is 86.0 Å². The molecule has 0 unspecified atom stereocenters. The molecule has 3 fully saturated rings. The molecule has 3 amide bonds. The molecule has 1 saturated carbocycles. The SMILES string of the molecule is CCNC(=O)Cc1ccc(Cl)c(CN(C(=O)[C@H]2CN(C(=O)OC(C)(C)C)CC[C@@H]2c2ccc(N3CC[C@H](Oc4c(Cl)cc(C)cc4Cl)C3)nc2)C2CC2)c1. The first-order valence-corrected chi connectivity index (χ1v) is 20.0. The van der Waals surface area contributed by atoms with Crippen LogP contribution < -0.4 is 15.0 Å². The second-order valence-corrected chi connectivity index (χ2v) is 16.9. The van der Waals surface area contributed by atoms with Crippen molar-refractivity contribution in [1.82, 2.24) is 20.1 Å². The topological polar surface area (TPSA) is 104 Å². The average Bonchev–Trinajstić information content (AvgIpc) is 3.85. The number of halogens is 3. The fourth-order valence-electron chi connectivity index (χ4n) is 7.37. The van der Waals surface area contributed by atoms with E-state index in [-0.39, 0.29) is 42.8 Å². The number of benzene rings is 2. The summed E-state index contributed by atoms with van der Waals surface area (Å²) in [5, 5.41) is 4.38. The summed E-state index contributed by atoms with van der Waals surface area (Å²) in [6.07, 6.45) is 4.74. The minimum atomic E-state index is -0.665. The van der Waals surface area contributed by atoms with E-state index in [9.17, 15) is 14.4 Å². The van der Waals surface area contributed by atoms with Gasteiger partial charge >= 0.3 is 6.09 Å². The first kappa shape index (κ1) is 39.9. The monoisotopic (exact) mass is 797 g/mol. The minimum absolute atomic E-state index is 0.0296. The zero-order chi connectivity index (χ0) is 38.7. The number of rotatable bonds is 11. The summed E-state index contributed by atoms with van der Waals surface area (Å²) >= 11 is 19.6. The minimum Gasteiger partial charge on any atom is -0.485 e. The number of likely N-dealkylation sites (N-methyl/N-ethyl adjacent to an activating group) is 1. The highest BCUT2D eigenvalue weighted by atomic mass is 35.5. The Morgan fingerprint density at radius 2 is 1.69 bits per heavy atom. The van der Waals surface area contributed by atoms with Gasteiger partial charge in [-0.05, 0) is 100 Å².